The first kappa shape index (κ1) is 11.9. The molecule has 5 N–H and O–H groups in total. The molecule has 0 amide bonds. The van der Waals surface area contributed by atoms with Crippen molar-refractivity contribution < 1.29 is 15.9 Å². The van der Waals surface area contributed by atoms with Gasteiger partial charge in [-0.3, -0.25) is 0 Å². The average molecular weight is 176 g/mol. The molecule has 1 unspecified atom stereocenters. The van der Waals surface area contributed by atoms with E-state index in [4.69, 9.17) is 10.2 Å². The molecule has 0 aliphatic rings. The number of aliphatic hydroxyl groups excluding tert-OH is 1. The molecule has 3 nitrogen and oxygen atoms in total. The maximum Gasteiger partial charge on any atom is 0.205 e. The molecule has 0 saturated heterocycles. The van der Waals surface area contributed by atoms with E-state index >= 15 is 0 Å². The normalized spacial score (nSPS) is 14.2. The van der Waals surface area contributed by atoms with E-state index < -0.39 is 6.29 Å². The summed E-state index contributed by atoms with van der Waals surface area (Å²) < 4.78 is 0. The molecule has 0 aromatic carbocycles. The fraction of sp³-hybridized carbons (Fsp3) is 1.00. The van der Waals surface area contributed by atoms with E-state index in [-0.39, 0.29) is 6.04 Å². The summed E-state index contributed by atoms with van der Waals surface area (Å²) in [5.41, 5.74) is 3.65. The van der Waals surface area contributed by atoms with Gasteiger partial charge in [0.15, 0.2) is 0 Å². The molecule has 0 bridgehead atoms. The lowest BCUT2D eigenvalue weighted by molar-refractivity contribution is -0.457. The fourth-order valence-electron chi connectivity index (χ4n) is 1.11. The van der Waals surface area contributed by atoms with Crippen LogP contribution in [0.3, 0.4) is 0 Å². The molecule has 1 atom stereocenters. The van der Waals surface area contributed by atoms with Gasteiger partial charge >= 0.3 is 0 Å². The van der Waals surface area contributed by atoms with Crippen LogP contribution < -0.4 is 5.73 Å². The predicted octanol–water partition coefficient (Wildman–Crippen LogP) is 0.124. The summed E-state index contributed by atoms with van der Waals surface area (Å²) in [6.07, 6.45) is 2.99. The number of rotatable bonds is 6. The molecule has 0 rings (SSSR count). The van der Waals surface area contributed by atoms with E-state index in [0.29, 0.717) is 0 Å². The van der Waals surface area contributed by atoms with Crippen molar-refractivity contribution in [3.63, 3.8) is 0 Å². The molecule has 0 aromatic heterocycles. The minimum absolute atomic E-state index is 0.225. The summed E-state index contributed by atoms with van der Waals surface area (Å²) in [4.78, 5) is 0. The third-order valence-corrected chi connectivity index (χ3v) is 2.03. The first-order valence-corrected chi connectivity index (χ1v) is 4.73. The van der Waals surface area contributed by atoms with E-state index in [2.05, 4.69) is 19.6 Å². The zero-order chi connectivity index (χ0) is 9.56. The van der Waals surface area contributed by atoms with Crippen molar-refractivity contribution in [2.24, 2.45) is 5.92 Å². The summed E-state index contributed by atoms with van der Waals surface area (Å²) in [6.45, 7) is 4.39. The van der Waals surface area contributed by atoms with Crippen LogP contribution in [-0.2, 0) is 0 Å². The Morgan fingerprint density at radius 2 is 1.58 bits per heavy atom. The largest absolute Gasteiger partial charge is 0.363 e. The Morgan fingerprint density at radius 1 is 1.08 bits per heavy atom. The molecule has 0 aliphatic carbocycles. The van der Waals surface area contributed by atoms with E-state index in [0.717, 1.165) is 25.2 Å². The number of hydrogen-bond acceptors (Lipinski definition) is 2. The highest BCUT2D eigenvalue weighted by Gasteiger charge is 2.13. The van der Waals surface area contributed by atoms with Crippen molar-refractivity contribution in [2.75, 3.05) is 0 Å². The van der Waals surface area contributed by atoms with Crippen LogP contribution in [0.25, 0.3) is 0 Å². The molecular formula is C9H22NO2+. The van der Waals surface area contributed by atoms with E-state index in [1.165, 1.54) is 6.42 Å². The van der Waals surface area contributed by atoms with Crippen molar-refractivity contribution >= 4 is 0 Å². The van der Waals surface area contributed by atoms with Crippen molar-refractivity contribution in [2.45, 2.75) is 51.9 Å². The Kier molecular flexibility index (Phi) is 6.34. The number of hydrogen-bond donors (Lipinski definition) is 3. The molecule has 12 heavy (non-hydrogen) atoms. The quantitative estimate of drug-likeness (QED) is 0.397. The first-order valence-electron chi connectivity index (χ1n) is 4.73. The second-order valence-electron chi connectivity index (χ2n) is 3.85. The average Bonchev–Trinajstić information content (AvgIpc) is 1.97. The van der Waals surface area contributed by atoms with Crippen LogP contribution in [0.4, 0.5) is 0 Å². The van der Waals surface area contributed by atoms with Crippen LogP contribution in [0.2, 0.25) is 0 Å². The maximum atomic E-state index is 8.72. The standard InChI is InChI=1S/C9H21NO2/c1-7(2)5-3-4-6-8(10)9(11)12/h7-9,11-12H,3-6,10H2,1-2H3/p+1. The minimum Gasteiger partial charge on any atom is -0.363 e. The molecule has 0 radical (unpaired) electrons. The fourth-order valence-corrected chi connectivity index (χ4v) is 1.11. The molecule has 0 aliphatic heterocycles. The van der Waals surface area contributed by atoms with Crippen LogP contribution in [0, 0.1) is 5.92 Å². The Hall–Kier alpha value is -0.120. The van der Waals surface area contributed by atoms with E-state index in [1.807, 2.05) is 0 Å². The van der Waals surface area contributed by atoms with Crippen LogP contribution >= 0.6 is 0 Å². The zero-order valence-corrected chi connectivity index (χ0v) is 8.16. The first-order chi connectivity index (χ1) is 5.54. The topological polar surface area (TPSA) is 68.1 Å². The van der Waals surface area contributed by atoms with E-state index in [9.17, 15) is 0 Å². The molecule has 3 heteroatoms. The van der Waals surface area contributed by atoms with Gasteiger partial charge in [0.05, 0.1) is 0 Å². The SMILES string of the molecule is CC(C)CCCCC([NH3+])C(O)O. The van der Waals surface area contributed by atoms with Crippen molar-refractivity contribution in [3.8, 4) is 0 Å². The summed E-state index contributed by atoms with van der Waals surface area (Å²) in [5, 5.41) is 17.4. The highest BCUT2D eigenvalue weighted by molar-refractivity contribution is 4.56. The van der Waals surface area contributed by atoms with Crippen LogP contribution in [0.1, 0.15) is 39.5 Å². The van der Waals surface area contributed by atoms with Gasteiger partial charge in [-0.15, -0.1) is 0 Å². The Morgan fingerprint density at radius 3 is 2.00 bits per heavy atom. The van der Waals surface area contributed by atoms with Gasteiger partial charge in [0.1, 0.15) is 6.04 Å². The van der Waals surface area contributed by atoms with Crippen LogP contribution in [-0.4, -0.2) is 22.5 Å². The van der Waals surface area contributed by atoms with Crippen LogP contribution in [0.15, 0.2) is 0 Å². The summed E-state index contributed by atoms with van der Waals surface area (Å²) in [6, 6.07) is -0.225. The summed E-state index contributed by atoms with van der Waals surface area (Å²) in [7, 11) is 0. The van der Waals surface area contributed by atoms with Gasteiger partial charge in [-0.05, 0) is 12.3 Å². The molecule has 0 aromatic rings. The Labute approximate surface area is 74.6 Å². The molecule has 74 valence electrons. The minimum atomic E-state index is -1.25. The van der Waals surface area contributed by atoms with Crippen molar-refractivity contribution in [1.29, 1.82) is 0 Å². The summed E-state index contributed by atoms with van der Waals surface area (Å²) >= 11 is 0. The molecule has 0 spiro atoms. The lowest BCUT2D eigenvalue weighted by Crippen LogP contribution is -2.66. The van der Waals surface area contributed by atoms with Gasteiger partial charge in [0.2, 0.25) is 6.29 Å². The molecule has 0 saturated carbocycles. The Bertz CT molecular complexity index is 105. The van der Waals surface area contributed by atoms with Crippen molar-refractivity contribution in [1.82, 2.24) is 0 Å². The third kappa shape index (κ3) is 6.58. The van der Waals surface area contributed by atoms with Crippen molar-refractivity contribution in [3.05, 3.63) is 0 Å². The lowest BCUT2D eigenvalue weighted by atomic mass is 10.0. The van der Waals surface area contributed by atoms with Crippen LogP contribution in [0.5, 0.6) is 0 Å². The lowest BCUT2D eigenvalue weighted by Gasteiger charge is -2.10. The molecule has 0 heterocycles. The maximum absolute atomic E-state index is 8.72. The summed E-state index contributed by atoms with van der Waals surface area (Å²) in [5.74, 6) is 0.743. The number of aliphatic hydroxyl groups is 2. The van der Waals surface area contributed by atoms with Gasteiger partial charge in [-0.2, -0.15) is 0 Å². The van der Waals surface area contributed by atoms with Gasteiger partial charge in [-0.1, -0.05) is 26.7 Å². The molecule has 0 fully saturated rings. The van der Waals surface area contributed by atoms with Gasteiger partial charge < -0.3 is 15.9 Å². The monoisotopic (exact) mass is 176 g/mol. The second kappa shape index (κ2) is 6.40. The molecular weight excluding hydrogens is 154 g/mol. The Balaban J connectivity index is 3.20. The van der Waals surface area contributed by atoms with E-state index in [1.54, 1.807) is 0 Å². The highest BCUT2D eigenvalue weighted by atomic mass is 16.5. The predicted molar refractivity (Wildman–Crippen MR) is 48.2 cm³/mol. The number of unbranched alkanes of at least 4 members (excludes halogenated alkanes) is 1. The van der Waals surface area contributed by atoms with Gasteiger partial charge in [0.25, 0.3) is 0 Å². The third-order valence-electron chi connectivity index (χ3n) is 2.03. The number of quaternary nitrogens is 1. The zero-order valence-electron chi connectivity index (χ0n) is 8.16. The smallest absolute Gasteiger partial charge is 0.205 e. The van der Waals surface area contributed by atoms with Gasteiger partial charge in [0, 0.05) is 6.42 Å². The second-order valence-corrected chi connectivity index (χ2v) is 3.85. The highest BCUT2D eigenvalue weighted by Crippen LogP contribution is 2.09. The van der Waals surface area contributed by atoms with Gasteiger partial charge in [-0.25, -0.2) is 0 Å².